The van der Waals surface area contributed by atoms with Gasteiger partial charge in [-0.15, -0.1) is 0 Å². The van der Waals surface area contributed by atoms with Crippen LogP contribution in [0.2, 0.25) is 0 Å². The van der Waals surface area contributed by atoms with Gasteiger partial charge in [0.1, 0.15) is 11.4 Å². The first-order valence-electron chi connectivity index (χ1n) is 1.25. The van der Waals surface area contributed by atoms with Crippen molar-refractivity contribution in [1.29, 1.82) is 0 Å². The molecule has 0 unspecified atom stereocenters. The van der Waals surface area contributed by atoms with Crippen LogP contribution < -0.4 is 0 Å². The lowest BCUT2D eigenvalue weighted by molar-refractivity contribution is 0.273. The van der Waals surface area contributed by atoms with Gasteiger partial charge in [0.2, 0.25) is 0 Å². The molecule has 6 heavy (non-hydrogen) atoms. The van der Waals surface area contributed by atoms with Crippen LogP contribution in [0.4, 0.5) is 0 Å². The van der Waals surface area contributed by atoms with Gasteiger partial charge in [0.05, 0.1) is 0 Å². The van der Waals surface area contributed by atoms with E-state index in [2.05, 4.69) is 28.8 Å². The minimum absolute atomic E-state index is 1.17. The van der Waals surface area contributed by atoms with E-state index in [9.17, 15) is 0 Å². The van der Waals surface area contributed by atoms with Crippen LogP contribution >= 0.6 is 12.2 Å². The van der Waals surface area contributed by atoms with Crippen LogP contribution in [-0.2, 0) is 4.84 Å². The summed E-state index contributed by atoms with van der Waals surface area (Å²) in [4.78, 5) is 4.16. The fourth-order valence-electron chi connectivity index (χ4n) is 0.0588. The SMILES string of the molecule is C=CON=C=S. The number of thiocarbonyl (C=S) groups is 1. The zero-order valence-corrected chi connectivity index (χ0v) is 3.86. The van der Waals surface area contributed by atoms with E-state index in [-0.39, 0.29) is 0 Å². The lowest BCUT2D eigenvalue weighted by Crippen LogP contribution is -1.56. The van der Waals surface area contributed by atoms with Crippen molar-refractivity contribution >= 4 is 17.4 Å². The molecule has 32 valence electrons. The normalized spacial score (nSPS) is 5.33. The third kappa shape index (κ3) is 3.34. The van der Waals surface area contributed by atoms with Crippen LogP contribution in [0.5, 0.6) is 0 Å². The summed E-state index contributed by atoms with van der Waals surface area (Å²) >= 11 is 4.13. The molecule has 0 bridgehead atoms. The summed E-state index contributed by atoms with van der Waals surface area (Å²) < 4.78 is 0. The number of nitrogens with zero attached hydrogens (tertiary/aromatic N) is 1. The molecule has 0 N–H and O–H groups in total. The average Bonchev–Trinajstić information content (AvgIpc) is 1.61. The van der Waals surface area contributed by atoms with Crippen LogP contribution in [0, 0.1) is 0 Å². The van der Waals surface area contributed by atoms with Crippen LogP contribution in [-0.4, -0.2) is 5.16 Å². The summed E-state index contributed by atoms with van der Waals surface area (Å²) in [5.41, 5.74) is 0. The number of isothiocyanates is 1. The van der Waals surface area contributed by atoms with E-state index >= 15 is 0 Å². The quantitative estimate of drug-likeness (QED) is 0.225. The van der Waals surface area contributed by atoms with Gasteiger partial charge in [-0.3, -0.25) is 0 Å². The van der Waals surface area contributed by atoms with Gasteiger partial charge in [-0.25, -0.2) is 0 Å². The van der Waals surface area contributed by atoms with E-state index in [0.29, 0.717) is 0 Å². The molecule has 2 nitrogen and oxygen atoms in total. The van der Waals surface area contributed by atoms with Gasteiger partial charge in [-0.1, -0.05) is 6.58 Å². The second-order valence-corrected chi connectivity index (χ2v) is 0.637. The van der Waals surface area contributed by atoms with Gasteiger partial charge in [-0.2, -0.15) is 0 Å². The van der Waals surface area contributed by atoms with Crippen LogP contribution in [0.1, 0.15) is 0 Å². The van der Waals surface area contributed by atoms with Crippen molar-refractivity contribution in [2.45, 2.75) is 0 Å². The Hall–Kier alpha value is -0.660. The van der Waals surface area contributed by atoms with Gasteiger partial charge >= 0.3 is 0 Å². The molecule has 0 fully saturated rings. The Morgan fingerprint density at radius 2 is 2.67 bits per heavy atom. The average molecular weight is 101 g/mol. The molecule has 0 aliphatic carbocycles. The van der Waals surface area contributed by atoms with E-state index in [1.807, 2.05) is 5.16 Å². The highest BCUT2D eigenvalue weighted by Gasteiger charge is 1.51. The van der Waals surface area contributed by atoms with E-state index in [1.165, 1.54) is 6.26 Å². The monoisotopic (exact) mass is 101 g/mol. The van der Waals surface area contributed by atoms with E-state index < -0.39 is 0 Å². The van der Waals surface area contributed by atoms with Crippen molar-refractivity contribution < 1.29 is 4.84 Å². The Morgan fingerprint density at radius 3 is 2.83 bits per heavy atom. The third-order valence-corrected chi connectivity index (χ3v) is 0.239. The van der Waals surface area contributed by atoms with Gasteiger partial charge in [0.25, 0.3) is 0 Å². The van der Waals surface area contributed by atoms with Crippen molar-refractivity contribution in [1.82, 2.24) is 0 Å². The number of rotatable bonds is 2. The van der Waals surface area contributed by atoms with Crippen molar-refractivity contribution in [3.05, 3.63) is 12.8 Å². The molecule has 0 aromatic rings. The molecule has 0 saturated heterocycles. The van der Waals surface area contributed by atoms with Gasteiger partial charge in [0, 0.05) is 0 Å². The Balaban J connectivity index is 3.07. The highest BCUT2D eigenvalue weighted by atomic mass is 32.1. The van der Waals surface area contributed by atoms with Gasteiger partial charge in [0.15, 0.2) is 0 Å². The summed E-state index contributed by atoms with van der Waals surface area (Å²) in [6.45, 7) is 3.20. The predicted octanol–water partition coefficient (Wildman–Crippen LogP) is 1.16. The first-order valence-corrected chi connectivity index (χ1v) is 1.66. The fraction of sp³-hybridized carbons (Fsp3) is 0. The number of hydrogen-bond acceptors (Lipinski definition) is 3. The summed E-state index contributed by atoms with van der Waals surface area (Å²) in [7, 11) is 0. The third-order valence-electron chi connectivity index (χ3n) is 0.165. The Morgan fingerprint density at radius 1 is 2.00 bits per heavy atom. The molecule has 0 aliphatic rings. The molecule has 0 rings (SSSR count). The summed E-state index contributed by atoms with van der Waals surface area (Å²) in [5.74, 6) is 0. The lowest BCUT2D eigenvalue weighted by atomic mass is 11.2. The van der Waals surface area contributed by atoms with E-state index in [1.54, 1.807) is 0 Å². The fourth-order valence-corrected chi connectivity index (χ4v) is 0.102. The van der Waals surface area contributed by atoms with Crippen LogP contribution in [0.25, 0.3) is 0 Å². The molecule has 0 amide bonds. The second-order valence-electron chi connectivity index (χ2n) is 0.455. The summed E-state index contributed by atoms with van der Waals surface area (Å²) in [6.07, 6.45) is 1.17. The van der Waals surface area contributed by atoms with Crippen molar-refractivity contribution in [3.63, 3.8) is 0 Å². The second kappa shape index (κ2) is 4.34. The molecule has 3 heteroatoms. The minimum atomic E-state index is 1.17. The molecule has 0 atom stereocenters. The molecule has 0 spiro atoms. The molecule has 0 heterocycles. The molecular weight excluding hydrogens is 98.1 g/mol. The Kier molecular flexibility index (Phi) is 3.86. The topological polar surface area (TPSA) is 21.6 Å². The molecule has 0 aliphatic heterocycles. The Bertz CT molecular complexity index is 84.8. The maximum absolute atomic E-state index is 4.16. The first-order chi connectivity index (χ1) is 2.91. The lowest BCUT2D eigenvalue weighted by Gasteiger charge is -1.73. The van der Waals surface area contributed by atoms with Crippen molar-refractivity contribution in [2.75, 3.05) is 0 Å². The zero-order valence-electron chi connectivity index (χ0n) is 3.05. The molecule has 0 radical (unpaired) electrons. The van der Waals surface area contributed by atoms with Crippen molar-refractivity contribution in [2.24, 2.45) is 5.16 Å². The molecule has 0 aromatic heterocycles. The maximum Gasteiger partial charge on any atom is 0.115 e. The van der Waals surface area contributed by atoms with Crippen LogP contribution in [0.3, 0.4) is 0 Å². The molecular formula is C3H3NOS. The number of hydrogen-bond donors (Lipinski definition) is 0. The smallest absolute Gasteiger partial charge is 0.115 e. The first kappa shape index (κ1) is 5.34. The molecule has 0 saturated carbocycles. The molecule has 0 aromatic carbocycles. The standard InChI is InChI=1S/C3H3NOS/c1-2-5-4-3-6/h2H,1H2. The minimum Gasteiger partial charge on any atom is -0.357 e. The summed E-state index contributed by atoms with van der Waals surface area (Å²) in [5, 5.41) is 5.02. The highest BCUT2D eigenvalue weighted by Crippen LogP contribution is 1.67. The van der Waals surface area contributed by atoms with Crippen LogP contribution in [0.15, 0.2) is 18.0 Å². The van der Waals surface area contributed by atoms with Gasteiger partial charge < -0.3 is 4.84 Å². The largest absolute Gasteiger partial charge is 0.357 e. The predicted molar refractivity (Wildman–Crippen MR) is 26.3 cm³/mol. The zero-order chi connectivity index (χ0) is 4.83. The maximum atomic E-state index is 4.16. The van der Waals surface area contributed by atoms with E-state index in [4.69, 9.17) is 0 Å². The van der Waals surface area contributed by atoms with Gasteiger partial charge in [-0.05, 0) is 17.4 Å². The highest BCUT2D eigenvalue weighted by molar-refractivity contribution is 7.78. The van der Waals surface area contributed by atoms with E-state index in [0.717, 1.165) is 0 Å². The Labute approximate surface area is 41.1 Å². The van der Waals surface area contributed by atoms with Crippen molar-refractivity contribution in [3.8, 4) is 0 Å². The summed E-state index contributed by atoms with van der Waals surface area (Å²) in [6, 6.07) is 0.